The Bertz CT molecular complexity index is 719. The second-order valence-corrected chi connectivity index (χ2v) is 7.37. The molecule has 1 aliphatic heterocycles. The fraction of sp³-hybridized carbons (Fsp3) is 0.214. The zero-order valence-corrected chi connectivity index (χ0v) is 15.7. The lowest BCUT2D eigenvalue weighted by Crippen LogP contribution is -2.30. The van der Waals surface area contributed by atoms with Crippen LogP contribution in [0.3, 0.4) is 0 Å². The number of carbonyl (C=O) groups is 2. The van der Waals surface area contributed by atoms with Crippen molar-refractivity contribution in [1.82, 2.24) is 4.90 Å². The summed E-state index contributed by atoms with van der Waals surface area (Å²) in [6.45, 7) is 0.0494. The summed E-state index contributed by atoms with van der Waals surface area (Å²) < 4.78 is 6.02. The molecule has 0 saturated carbocycles. The van der Waals surface area contributed by atoms with Crippen molar-refractivity contribution in [3.05, 3.63) is 26.2 Å². The van der Waals surface area contributed by atoms with Crippen LogP contribution in [0.25, 0.3) is 6.08 Å². The number of benzene rings is 1. The molecule has 0 spiro atoms. The Hall–Kier alpha value is -1.33. The van der Waals surface area contributed by atoms with E-state index in [4.69, 9.17) is 22.1 Å². The van der Waals surface area contributed by atoms with E-state index in [9.17, 15) is 14.7 Å². The Morgan fingerprint density at radius 2 is 2.22 bits per heavy atom. The molecule has 0 aromatic heterocycles. The van der Waals surface area contributed by atoms with Gasteiger partial charge in [-0.25, -0.2) is 0 Å². The van der Waals surface area contributed by atoms with Gasteiger partial charge in [-0.1, -0.05) is 24.0 Å². The van der Waals surface area contributed by atoms with Crippen LogP contribution in [0.15, 0.2) is 17.0 Å². The first-order valence-corrected chi connectivity index (χ1v) is 8.67. The quantitative estimate of drug-likeness (QED) is 0.393. The number of carbonyl (C=O) groups excluding carboxylic acids is 1. The molecular weight excluding hydrogens is 453 g/mol. The monoisotopic (exact) mass is 465 g/mol. The minimum Gasteiger partial charge on any atom is -0.504 e. The second kappa shape index (κ2) is 7.49. The van der Waals surface area contributed by atoms with Gasteiger partial charge in [0.25, 0.3) is 5.91 Å². The number of ether oxygens (including phenoxy) is 1. The van der Waals surface area contributed by atoms with Crippen molar-refractivity contribution in [2.75, 3.05) is 13.7 Å². The fourth-order valence-corrected chi connectivity index (χ4v) is 3.82. The van der Waals surface area contributed by atoms with Crippen molar-refractivity contribution in [1.29, 1.82) is 0 Å². The van der Waals surface area contributed by atoms with Crippen LogP contribution in [0.5, 0.6) is 11.5 Å². The average molecular weight is 465 g/mol. The summed E-state index contributed by atoms with van der Waals surface area (Å²) in [5, 5.41) is 18.6. The minimum atomic E-state index is -0.985. The van der Waals surface area contributed by atoms with Gasteiger partial charge in [-0.15, -0.1) is 0 Å². The number of hydrogen-bond donors (Lipinski definition) is 2. The highest BCUT2D eigenvalue weighted by molar-refractivity contribution is 14.1. The number of thioether (sulfide) groups is 1. The summed E-state index contributed by atoms with van der Waals surface area (Å²) in [7, 11) is 1.44. The SMILES string of the molecule is COc1cc(/C=C2\SC(=S)N(CCC(=O)O)C2=O)cc(I)c1O. The molecule has 1 aliphatic rings. The van der Waals surface area contributed by atoms with Crippen molar-refractivity contribution in [3.8, 4) is 11.5 Å². The number of hydrogen-bond acceptors (Lipinski definition) is 6. The molecule has 122 valence electrons. The van der Waals surface area contributed by atoms with Gasteiger partial charge >= 0.3 is 5.97 Å². The largest absolute Gasteiger partial charge is 0.504 e. The maximum absolute atomic E-state index is 12.3. The standard InChI is InChI=1S/C14H12INO5S2/c1-21-9-5-7(4-8(15)12(9)19)6-10-13(20)16(14(22)23-10)3-2-11(17)18/h4-6,19H,2-3H2,1H3,(H,17,18)/b10-6-. The molecule has 23 heavy (non-hydrogen) atoms. The number of phenolic OH excluding ortho intramolecular Hbond substituents is 1. The summed E-state index contributed by atoms with van der Waals surface area (Å²) in [5.41, 5.74) is 0.683. The summed E-state index contributed by atoms with van der Waals surface area (Å²) >= 11 is 8.22. The number of aromatic hydroxyl groups is 1. The average Bonchev–Trinajstić information content (AvgIpc) is 2.74. The molecule has 2 rings (SSSR count). The number of carboxylic acid groups (broad SMARTS) is 1. The highest BCUT2D eigenvalue weighted by atomic mass is 127. The summed E-state index contributed by atoms with van der Waals surface area (Å²) in [6, 6.07) is 3.32. The first-order valence-electron chi connectivity index (χ1n) is 6.37. The number of nitrogens with zero attached hydrogens (tertiary/aromatic N) is 1. The van der Waals surface area contributed by atoms with Crippen molar-refractivity contribution in [3.63, 3.8) is 0 Å². The number of phenols is 1. The van der Waals surface area contributed by atoms with Crippen LogP contribution in [0.2, 0.25) is 0 Å². The topological polar surface area (TPSA) is 87.1 Å². The van der Waals surface area contributed by atoms with Gasteiger partial charge in [-0.3, -0.25) is 14.5 Å². The number of methoxy groups -OCH3 is 1. The molecule has 1 heterocycles. The second-order valence-electron chi connectivity index (χ2n) is 4.53. The van der Waals surface area contributed by atoms with Crippen LogP contribution in [0.4, 0.5) is 0 Å². The van der Waals surface area contributed by atoms with Crippen molar-refractivity contribution in [2.24, 2.45) is 0 Å². The summed E-state index contributed by atoms with van der Waals surface area (Å²) in [6.07, 6.45) is 1.48. The van der Waals surface area contributed by atoms with Crippen LogP contribution in [0.1, 0.15) is 12.0 Å². The summed E-state index contributed by atoms with van der Waals surface area (Å²) in [4.78, 5) is 24.6. The first kappa shape index (κ1) is 18.0. The van der Waals surface area contributed by atoms with Crippen LogP contribution >= 0.6 is 46.6 Å². The molecule has 1 saturated heterocycles. The Balaban J connectivity index is 2.27. The molecule has 0 bridgehead atoms. The Morgan fingerprint density at radius 1 is 1.52 bits per heavy atom. The molecular formula is C14H12INO5S2. The molecule has 0 unspecified atom stereocenters. The van der Waals surface area contributed by atoms with Crippen molar-refractivity contribution >= 4 is 68.8 Å². The molecule has 9 heteroatoms. The maximum atomic E-state index is 12.3. The van der Waals surface area contributed by atoms with E-state index < -0.39 is 5.97 Å². The molecule has 1 aromatic rings. The molecule has 1 amide bonds. The lowest BCUT2D eigenvalue weighted by molar-refractivity contribution is -0.137. The zero-order valence-electron chi connectivity index (χ0n) is 11.9. The molecule has 0 aliphatic carbocycles. The molecule has 2 N–H and O–H groups in total. The summed E-state index contributed by atoms with van der Waals surface area (Å²) in [5.74, 6) is -0.951. The normalized spacial score (nSPS) is 16.3. The van der Waals surface area contributed by atoms with E-state index in [0.717, 1.165) is 11.8 Å². The van der Waals surface area contributed by atoms with Gasteiger partial charge in [0.2, 0.25) is 0 Å². The number of halogens is 1. The van der Waals surface area contributed by atoms with Crippen LogP contribution in [0, 0.1) is 3.57 Å². The van der Waals surface area contributed by atoms with E-state index in [1.807, 2.05) is 22.6 Å². The lowest BCUT2D eigenvalue weighted by atomic mass is 10.2. The third-order valence-corrected chi connectivity index (χ3v) is 5.19. The Labute approximate surface area is 155 Å². The van der Waals surface area contributed by atoms with Crippen LogP contribution in [-0.4, -0.2) is 45.0 Å². The minimum absolute atomic E-state index is 0.0410. The van der Waals surface area contributed by atoms with Crippen molar-refractivity contribution < 1.29 is 24.5 Å². The van der Waals surface area contributed by atoms with E-state index in [0.29, 0.717) is 24.1 Å². The van der Waals surface area contributed by atoms with Gasteiger partial charge in [0, 0.05) is 6.54 Å². The zero-order chi connectivity index (χ0) is 17.1. The molecule has 0 atom stereocenters. The number of aliphatic carboxylic acids is 1. The van der Waals surface area contributed by atoms with Gasteiger partial charge in [0.1, 0.15) is 4.32 Å². The highest BCUT2D eigenvalue weighted by Crippen LogP contribution is 2.36. The van der Waals surface area contributed by atoms with E-state index in [2.05, 4.69) is 0 Å². The first-order chi connectivity index (χ1) is 10.8. The van der Waals surface area contributed by atoms with Crippen molar-refractivity contribution in [2.45, 2.75) is 6.42 Å². The van der Waals surface area contributed by atoms with Gasteiger partial charge in [0.05, 0.1) is 22.0 Å². The molecule has 1 aromatic carbocycles. The van der Waals surface area contributed by atoms with Gasteiger partial charge in [0.15, 0.2) is 11.5 Å². The third kappa shape index (κ3) is 4.15. The molecule has 0 radical (unpaired) electrons. The number of rotatable bonds is 5. The predicted molar refractivity (Wildman–Crippen MR) is 99.5 cm³/mol. The molecule has 6 nitrogen and oxygen atoms in total. The van der Waals surface area contributed by atoms with Gasteiger partial charge < -0.3 is 14.9 Å². The number of thiocarbonyl (C=S) groups is 1. The van der Waals surface area contributed by atoms with E-state index in [-0.39, 0.29) is 24.6 Å². The van der Waals surface area contributed by atoms with Crippen LogP contribution in [-0.2, 0) is 9.59 Å². The maximum Gasteiger partial charge on any atom is 0.305 e. The smallest absolute Gasteiger partial charge is 0.305 e. The number of amides is 1. The van der Waals surface area contributed by atoms with Gasteiger partial charge in [-0.2, -0.15) is 0 Å². The Morgan fingerprint density at radius 3 is 2.83 bits per heavy atom. The number of carboxylic acids is 1. The van der Waals surface area contributed by atoms with E-state index in [1.54, 1.807) is 18.2 Å². The lowest BCUT2D eigenvalue weighted by Gasteiger charge is -2.12. The van der Waals surface area contributed by atoms with E-state index >= 15 is 0 Å². The highest BCUT2D eigenvalue weighted by Gasteiger charge is 2.32. The van der Waals surface area contributed by atoms with E-state index in [1.165, 1.54) is 12.0 Å². The van der Waals surface area contributed by atoms with Crippen LogP contribution < -0.4 is 4.74 Å². The molecule has 1 fully saturated rings. The third-order valence-electron chi connectivity index (χ3n) is 2.99. The fourth-order valence-electron chi connectivity index (χ4n) is 1.88. The van der Waals surface area contributed by atoms with Gasteiger partial charge in [-0.05, 0) is 46.4 Å². The predicted octanol–water partition coefficient (Wildman–Crippen LogP) is 2.68. The Kier molecular flexibility index (Phi) is 5.87.